The third-order valence-electron chi connectivity index (χ3n) is 18.9. The molecule has 0 unspecified atom stereocenters. The lowest BCUT2D eigenvalue weighted by Crippen LogP contribution is -2.36. The molecule has 0 heterocycles. The van der Waals surface area contributed by atoms with Crippen LogP contribution < -0.4 is 58.3 Å². The highest BCUT2D eigenvalue weighted by Crippen LogP contribution is 2.65. The average molecular weight is 1500 g/mol. The van der Waals surface area contributed by atoms with Gasteiger partial charge < -0.3 is 0 Å². The van der Waals surface area contributed by atoms with Gasteiger partial charge in [0.05, 0.1) is 13.1 Å². The van der Waals surface area contributed by atoms with Crippen LogP contribution in [-0.4, -0.2) is 81.8 Å². The van der Waals surface area contributed by atoms with Gasteiger partial charge in [-0.1, -0.05) is 388 Å². The van der Waals surface area contributed by atoms with Crippen LogP contribution in [0.5, 0.6) is 0 Å². The molecule has 2 aliphatic rings. The van der Waals surface area contributed by atoms with Gasteiger partial charge in [-0.15, -0.1) is 0 Å². The molecule has 15 heteroatoms. The summed E-state index contributed by atoms with van der Waals surface area (Å²) in [6, 6.07) is 113. The van der Waals surface area contributed by atoms with Crippen LogP contribution in [0.15, 0.2) is 334 Å². The molecular weight excluding hydrogens is 1410 g/mol. The van der Waals surface area contributed by atoms with Crippen molar-refractivity contribution in [3.63, 3.8) is 0 Å². The molecule has 0 bridgehead atoms. The molecule has 0 aromatic heterocycles. The summed E-state index contributed by atoms with van der Waals surface area (Å²) in [5.41, 5.74) is 1.01. The van der Waals surface area contributed by atoms with E-state index in [2.05, 4.69) is 201 Å². The summed E-state index contributed by atoms with van der Waals surface area (Å²) in [5.74, 6) is 0. The Morgan fingerprint density at radius 3 is 0.624 bits per heavy atom. The Labute approximate surface area is 607 Å². The van der Waals surface area contributed by atoms with Gasteiger partial charge in [0.2, 0.25) is 0 Å². The zero-order valence-corrected chi connectivity index (χ0v) is 66.2. The van der Waals surface area contributed by atoms with E-state index in [4.69, 9.17) is 0 Å². The second kappa shape index (κ2) is 34.8. The van der Waals surface area contributed by atoms with Crippen LogP contribution in [0.4, 0.5) is 0 Å². The van der Waals surface area contributed by atoms with Gasteiger partial charge >= 0.3 is 0 Å². The summed E-state index contributed by atoms with van der Waals surface area (Å²) in [4.78, 5) is 0. The van der Waals surface area contributed by atoms with Crippen molar-refractivity contribution in [3.05, 3.63) is 334 Å². The smallest absolute Gasteiger partial charge is 0.177 e. The SMILES string of the molecule is CP(C)C(=P(c1ccccc1)(c1ccccc1)c1ccccc1)S(C)(=O)=O.CS(=O)(=O)C(P(C1CCCCC1)C1CCCCC1)=P(c1ccccc1)(c1ccccc1)c1ccccc1.CS(=O)(=O)C(P(c1ccccc1)c1ccccc1)=P(c1ccccc1)(c1ccccc1)c1ccccc1. The highest BCUT2D eigenvalue weighted by atomic mass is 32.2. The molecule has 0 aliphatic heterocycles. The van der Waals surface area contributed by atoms with E-state index < -0.39 is 73.9 Å². The Morgan fingerprint density at radius 1 is 0.257 bits per heavy atom. The van der Waals surface area contributed by atoms with Crippen molar-refractivity contribution in [2.24, 2.45) is 0 Å². The molecule has 520 valence electrons. The second-order valence-electron chi connectivity index (χ2n) is 26.1. The lowest BCUT2D eigenvalue weighted by Gasteiger charge is -2.43. The van der Waals surface area contributed by atoms with Crippen LogP contribution in [0.3, 0.4) is 0 Å². The zero-order valence-electron chi connectivity index (χ0n) is 58.3. The lowest BCUT2D eigenvalue weighted by atomic mass is 9.99. The van der Waals surface area contributed by atoms with Gasteiger partial charge in [-0.3, -0.25) is 0 Å². The molecular formula is C86H92O6P6S3. The predicted octanol–water partition coefficient (Wildman–Crippen LogP) is 16.4. The number of benzene rings is 11. The first-order valence-corrected chi connectivity index (χ1v) is 50.8. The molecule has 11 aromatic rings. The highest BCUT2D eigenvalue weighted by molar-refractivity contribution is 8.35. The van der Waals surface area contributed by atoms with Crippen LogP contribution in [0.1, 0.15) is 64.2 Å². The van der Waals surface area contributed by atoms with Crippen molar-refractivity contribution in [1.29, 1.82) is 0 Å². The standard InChI is InChI=1S/C32H40O2P2S.C32H28O2P2S.C22H24O2P2S/c2*1-37(33,34)32(35(27-17-7-2-8-18-27)28-19-9-3-10-20-28)36(29-21-11-4-12-22-29,30-23-13-5-14-24-30)31-25-15-6-16-26-31;1-25(2)22(27(3,23)24)26(19-13-7-4-8-14-19,20-15-9-5-10-16-20)21-17-11-6-12-18-21/h4-6,11-16,21-28H,2-3,7-10,17-20H2,1H3;2-26H,1H3;4-18H,1-3H3. The average Bonchev–Trinajstić information content (AvgIpc) is 0.729. The van der Waals surface area contributed by atoms with E-state index in [0.717, 1.165) is 46.8 Å². The van der Waals surface area contributed by atoms with Crippen molar-refractivity contribution in [1.82, 2.24) is 0 Å². The Morgan fingerprint density at radius 2 is 0.436 bits per heavy atom. The summed E-state index contributed by atoms with van der Waals surface area (Å²) >= 11 is 0. The Bertz CT molecular complexity index is 4630. The molecule has 0 N–H and O–H groups in total. The maximum absolute atomic E-state index is 14.4. The summed E-state index contributed by atoms with van der Waals surface area (Å²) < 4.78 is 86.0. The molecule has 6 nitrogen and oxygen atoms in total. The van der Waals surface area contributed by atoms with Crippen LogP contribution in [0.25, 0.3) is 0 Å². The first-order chi connectivity index (χ1) is 48.9. The van der Waals surface area contributed by atoms with E-state index in [1.54, 1.807) is 0 Å². The summed E-state index contributed by atoms with van der Waals surface area (Å²) in [6.45, 7) is -3.81. The molecule has 0 atom stereocenters. The minimum Gasteiger partial charge on any atom is -0.224 e. The van der Waals surface area contributed by atoms with E-state index in [1.165, 1.54) is 98.9 Å². The lowest BCUT2D eigenvalue weighted by molar-refractivity contribution is 0.487. The number of hydrogen-bond donors (Lipinski definition) is 0. The van der Waals surface area contributed by atoms with Crippen molar-refractivity contribution in [2.45, 2.75) is 75.5 Å². The molecule has 13 rings (SSSR count). The fourth-order valence-corrected chi connectivity index (χ4v) is 55.7. The Hall–Kier alpha value is -6.54. The zero-order chi connectivity index (χ0) is 70.9. The Balaban J connectivity index is 0.000000155. The van der Waals surface area contributed by atoms with Gasteiger partial charge in [-0.2, -0.15) is 0 Å². The molecule has 2 fully saturated rings. The van der Waals surface area contributed by atoms with Crippen LogP contribution in [0.2, 0.25) is 0 Å². The van der Waals surface area contributed by atoms with Crippen molar-refractivity contribution >= 4 is 145 Å². The summed E-state index contributed by atoms with van der Waals surface area (Å²) in [6.07, 6.45) is 16.5. The number of rotatable bonds is 19. The molecule has 0 radical (unpaired) electrons. The van der Waals surface area contributed by atoms with Gasteiger partial charge in [-0.25, -0.2) is 25.3 Å². The predicted molar refractivity (Wildman–Crippen MR) is 454 cm³/mol. The molecule has 2 aliphatic carbocycles. The van der Waals surface area contributed by atoms with Gasteiger partial charge in [-0.05, 0) is 129 Å². The topological polar surface area (TPSA) is 102 Å². The van der Waals surface area contributed by atoms with Crippen molar-refractivity contribution < 1.29 is 25.3 Å². The van der Waals surface area contributed by atoms with Gasteiger partial charge in [0, 0.05) is 26.7 Å². The molecule has 2 saturated carbocycles. The van der Waals surface area contributed by atoms with Crippen LogP contribution >= 0.6 is 44.4 Å². The molecule has 101 heavy (non-hydrogen) atoms. The van der Waals surface area contributed by atoms with E-state index in [0.29, 0.717) is 20.1 Å². The third kappa shape index (κ3) is 16.8. The highest BCUT2D eigenvalue weighted by Gasteiger charge is 2.45. The largest absolute Gasteiger partial charge is 0.224 e. The first-order valence-electron chi connectivity index (χ1n) is 34.7. The summed E-state index contributed by atoms with van der Waals surface area (Å²) in [5, 5.41) is 11.9. The molecule has 0 spiro atoms. The van der Waals surface area contributed by atoms with E-state index in [-0.39, 0.29) is 0 Å². The summed E-state index contributed by atoms with van der Waals surface area (Å²) in [7, 11) is -13.6. The molecule has 0 amide bonds. The van der Waals surface area contributed by atoms with Crippen LogP contribution in [-0.2, 0) is 29.5 Å². The maximum atomic E-state index is 14.4. The normalized spacial score (nSPS) is 14.2. The fraction of sp³-hybridized carbons (Fsp3) is 0.198. The van der Waals surface area contributed by atoms with Gasteiger partial charge in [0.25, 0.3) is 0 Å². The van der Waals surface area contributed by atoms with Crippen LogP contribution in [0, 0.1) is 0 Å². The van der Waals surface area contributed by atoms with Gasteiger partial charge in [0.15, 0.2) is 29.5 Å². The fourth-order valence-electron chi connectivity index (χ4n) is 15.1. The van der Waals surface area contributed by atoms with Gasteiger partial charge in [0.1, 0.15) is 0 Å². The number of sulfone groups is 3. The number of hydrogen-bond acceptors (Lipinski definition) is 6. The second-order valence-corrected chi connectivity index (χ2v) is 51.9. The molecule has 11 aromatic carbocycles. The third-order valence-corrected chi connectivity index (χ3v) is 54.0. The van der Waals surface area contributed by atoms with E-state index >= 15 is 0 Å². The quantitative estimate of drug-likeness (QED) is 0.0748. The van der Waals surface area contributed by atoms with E-state index in [1.807, 2.05) is 146 Å². The monoisotopic (exact) mass is 1500 g/mol. The maximum Gasteiger partial charge on any atom is 0.177 e. The Kier molecular flexibility index (Phi) is 26.1. The van der Waals surface area contributed by atoms with Crippen molar-refractivity contribution in [3.8, 4) is 0 Å². The van der Waals surface area contributed by atoms with E-state index in [9.17, 15) is 25.3 Å². The minimum atomic E-state index is -3.67. The first kappa shape index (κ1) is 75.6. The molecule has 0 saturated heterocycles. The minimum absolute atomic E-state index is 0.507. The van der Waals surface area contributed by atoms with Crippen molar-refractivity contribution in [2.75, 3.05) is 32.1 Å².